The summed E-state index contributed by atoms with van der Waals surface area (Å²) in [6.07, 6.45) is 0. The van der Waals surface area contributed by atoms with E-state index in [1.165, 1.54) is 16.8 Å². The van der Waals surface area contributed by atoms with Gasteiger partial charge in [-0.25, -0.2) is 9.07 Å². The molecule has 0 spiro atoms. The van der Waals surface area contributed by atoms with Crippen molar-refractivity contribution in [2.24, 2.45) is 0 Å². The SMILES string of the molecule is Cc1nn(-c2cccc(F)c2)c(N)c1C#N. The van der Waals surface area contributed by atoms with Crippen molar-refractivity contribution < 1.29 is 4.39 Å². The first-order valence-electron chi connectivity index (χ1n) is 4.64. The van der Waals surface area contributed by atoms with Crippen LogP contribution in [0.5, 0.6) is 0 Å². The zero-order chi connectivity index (χ0) is 11.7. The van der Waals surface area contributed by atoms with E-state index < -0.39 is 0 Å². The summed E-state index contributed by atoms with van der Waals surface area (Å²) in [5.41, 5.74) is 7.11. The zero-order valence-electron chi connectivity index (χ0n) is 8.61. The third kappa shape index (κ3) is 1.50. The number of benzene rings is 1. The molecular weight excluding hydrogens is 207 g/mol. The highest BCUT2D eigenvalue weighted by Gasteiger charge is 2.13. The van der Waals surface area contributed by atoms with Gasteiger partial charge in [-0.15, -0.1) is 0 Å². The van der Waals surface area contributed by atoms with Gasteiger partial charge < -0.3 is 5.73 Å². The predicted octanol–water partition coefficient (Wildman–Crippen LogP) is 1.77. The fourth-order valence-corrected chi connectivity index (χ4v) is 1.49. The van der Waals surface area contributed by atoms with Crippen LogP contribution in [0.3, 0.4) is 0 Å². The summed E-state index contributed by atoms with van der Waals surface area (Å²) in [6, 6.07) is 7.85. The first-order valence-corrected chi connectivity index (χ1v) is 4.64. The fraction of sp³-hybridized carbons (Fsp3) is 0.0909. The number of aryl methyl sites for hydroxylation is 1. The highest BCUT2D eigenvalue weighted by molar-refractivity contribution is 5.55. The van der Waals surface area contributed by atoms with E-state index in [2.05, 4.69) is 5.10 Å². The first kappa shape index (κ1) is 10.2. The maximum atomic E-state index is 13.0. The van der Waals surface area contributed by atoms with Gasteiger partial charge in [0, 0.05) is 0 Å². The Balaban J connectivity index is 2.62. The number of nitriles is 1. The lowest BCUT2D eigenvalue weighted by molar-refractivity contribution is 0.625. The van der Waals surface area contributed by atoms with E-state index in [1.54, 1.807) is 19.1 Å². The molecule has 0 saturated heterocycles. The lowest BCUT2D eigenvalue weighted by Crippen LogP contribution is -2.02. The van der Waals surface area contributed by atoms with Gasteiger partial charge in [0.05, 0.1) is 11.4 Å². The number of aromatic nitrogens is 2. The van der Waals surface area contributed by atoms with E-state index in [9.17, 15) is 4.39 Å². The molecule has 0 fully saturated rings. The number of nitrogens with zero attached hydrogens (tertiary/aromatic N) is 3. The number of hydrogen-bond donors (Lipinski definition) is 1. The smallest absolute Gasteiger partial charge is 0.145 e. The monoisotopic (exact) mass is 216 g/mol. The minimum atomic E-state index is -0.372. The molecule has 80 valence electrons. The maximum absolute atomic E-state index is 13.0. The van der Waals surface area contributed by atoms with Crippen LogP contribution >= 0.6 is 0 Å². The van der Waals surface area contributed by atoms with Gasteiger partial charge in [-0.1, -0.05) is 6.07 Å². The molecule has 0 bridgehead atoms. The first-order chi connectivity index (χ1) is 7.63. The van der Waals surface area contributed by atoms with E-state index in [1.807, 2.05) is 6.07 Å². The molecule has 1 aromatic carbocycles. The van der Waals surface area contributed by atoms with Crippen LogP contribution in [-0.2, 0) is 0 Å². The van der Waals surface area contributed by atoms with Crippen LogP contribution in [-0.4, -0.2) is 9.78 Å². The average Bonchev–Trinajstić information content (AvgIpc) is 2.54. The molecule has 2 aromatic rings. The van der Waals surface area contributed by atoms with Gasteiger partial charge in [-0.2, -0.15) is 10.4 Å². The van der Waals surface area contributed by atoms with Crippen molar-refractivity contribution in [2.75, 3.05) is 5.73 Å². The van der Waals surface area contributed by atoms with Gasteiger partial charge in [-0.05, 0) is 25.1 Å². The molecule has 2 rings (SSSR count). The van der Waals surface area contributed by atoms with Crippen molar-refractivity contribution in [1.82, 2.24) is 9.78 Å². The van der Waals surface area contributed by atoms with Crippen LogP contribution in [0.25, 0.3) is 5.69 Å². The Morgan fingerprint density at radius 1 is 1.50 bits per heavy atom. The normalized spacial score (nSPS) is 10.1. The molecule has 0 saturated carbocycles. The minimum Gasteiger partial charge on any atom is -0.382 e. The molecule has 16 heavy (non-hydrogen) atoms. The lowest BCUT2D eigenvalue weighted by atomic mass is 10.2. The molecular formula is C11H9FN4. The Hall–Kier alpha value is -2.35. The minimum absolute atomic E-state index is 0.227. The van der Waals surface area contributed by atoms with Gasteiger partial charge in [0.25, 0.3) is 0 Å². The van der Waals surface area contributed by atoms with Crippen molar-refractivity contribution >= 4 is 5.82 Å². The summed E-state index contributed by atoms with van der Waals surface area (Å²) in [4.78, 5) is 0. The summed E-state index contributed by atoms with van der Waals surface area (Å²) >= 11 is 0. The second-order valence-electron chi connectivity index (χ2n) is 3.35. The molecule has 0 aliphatic rings. The largest absolute Gasteiger partial charge is 0.382 e. The topological polar surface area (TPSA) is 67.6 Å². The van der Waals surface area contributed by atoms with Crippen LogP contribution in [0.2, 0.25) is 0 Å². The van der Waals surface area contributed by atoms with Gasteiger partial charge in [0.2, 0.25) is 0 Å². The second-order valence-corrected chi connectivity index (χ2v) is 3.35. The van der Waals surface area contributed by atoms with Crippen LogP contribution in [0.4, 0.5) is 10.2 Å². The van der Waals surface area contributed by atoms with Crippen molar-refractivity contribution in [2.45, 2.75) is 6.92 Å². The molecule has 0 aliphatic carbocycles. The maximum Gasteiger partial charge on any atom is 0.145 e. The van der Waals surface area contributed by atoms with Crippen LogP contribution in [0, 0.1) is 24.1 Å². The van der Waals surface area contributed by atoms with Gasteiger partial charge in [0.15, 0.2) is 0 Å². The Morgan fingerprint density at radius 3 is 2.81 bits per heavy atom. The summed E-state index contributed by atoms with van der Waals surface area (Å²) in [5.74, 6) is -0.144. The standard InChI is InChI=1S/C11H9FN4/c1-7-10(6-13)11(14)16(15-7)9-4-2-3-8(12)5-9/h2-5H,14H2,1H3. The Morgan fingerprint density at radius 2 is 2.25 bits per heavy atom. The molecule has 1 heterocycles. The van der Waals surface area contributed by atoms with E-state index in [0.717, 1.165) is 0 Å². The molecule has 0 aliphatic heterocycles. The predicted molar refractivity (Wildman–Crippen MR) is 57.4 cm³/mol. The summed E-state index contributed by atoms with van der Waals surface area (Å²) in [5, 5.41) is 13.0. The number of halogens is 1. The Kier molecular flexibility index (Phi) is 2.33. The zero-order valence-corrected chi connectivity index (χ0v) is 8.61. The Bertz CT molecular complexity index is 580. The molecule has 0 unspecified atom stereocenters. The second kappa shape index (κ2) is 3.66. The molecule has 1 aromatic heterocycles. The molecule has 2 N–H and O–H groups in total. The van der Waals surface area contributed by atoms with Crippen LogP contribution in [0.1, 0.15) is 11.3 Å². The van der Waals surface area contributed by atoms with Crippen molar-refractivity contribution in [3.8, 4) is 11.8 Å². The van der Waals surface area contributed by atoms with Crippen LogP contribution < -0.4 is 5.73 Å². The number of hydrogen-bond acceptors (Lipinski definition) is 3. The molecule has 0 radical (unpaired) electrons. The van der Waals surface area contributed by atoms with E-state index in [4.69, 9.17) is 11.0 Å². The molecule has 0 atom stereocenters. The Labute approximate surface area is 91.7 Å². The fourth-order valence-electron chi connectivity index (χ4n) is 1.49. The lowest BCUT2D eigenvalue weighted by Gasteiger charge is -2.03. The highest BCUT2D eigenvalue weighted by atomic mass is 19.1. The molecule has 0 amide bonds. The third-order valence-electron chi connectivity index (χ3n) is 2.26. The van der Waals surface area contributed by atoms with E-state index in [-0.39, 0.29) is 11.6 Å². The van der Waals surface area contributed by atoms with Crippen molar-refractivity contribution in [3.05, 3.63) is 41.3 Å². The quantitative estimate of drug-likeness (QED) is 0.789. The number of rotatable bonds is 1. The molecule has 5 heteroatoms. The number of nitrogens with two attached hydrogens (primary N) is 1. The van der Waals surface area contributed by atoms with Crippen LogP contribution in [0.15, 0.2) is 24.3 Å². The van der Waals surface area contributed by atoms with Crippen molar-refractivity contribution in [1.29, 1.82) is 5.26 Å². The van der Waals surface area contributed by atoms with Crippen molar-refractivity contribution in [3.63, 3.8) is 0 Å². The summed E-state index contributed by atoms with van der Waals surface area (Å²) in [7, 11) is 0. The van der Waals surface area contributed by atoms with E-state index in [0.29, 0.717) is 16.9 Å². The average molecular weight is 216 g/mol. The third-order valence-corrected chi connectivity index (χ3v) is 2.26. The number of nitrogen functional groups attached to an aromatic ring is 1. The highest BCUT2D eigenvalue weighted by Crippen LogP contribution is 2.19. The van der Waals surface area contributed by atoms with Gasteiger partial charge in [-0.3, -0.25) is 0 Å². The van der Waals surface area contributed by atoms with Gasteiger partial charge >= 0.3 is 0 Å². The summed E-state index contributed by atoms with van der Waals surface area (Å²) in [6.45, 7) is 1.69. The van der Waals surface area contributed by atoms with Gasteiger partial charge in [0.1, 0.15) is 23.3 Å². The van der Waals surface area contributed by atoms with E-state index >= 15 is 0 Å². The number of anilines is 1. The summed E-state index contributed by atoms with van der Waals surface area (Å²) < 4.78 is 14.4. The molecule has 4 nitrogen and oxygen atoms in total.